The Morgan fingerprint density at radius 3 is 2.32 bits per heavy atom. The molecule has 0 aliphatic heterocycles. The Kier molecular flexibility index (Phi) is 3.78. The molecular formula is C21H17N3O. The summed E-state index contributed by atoms with van der Waals surface area (Å²) in [5.41, 5.74) is 3.40. The van der Waals surface area contributed by atoms with Crippen molar-refractivity contribution in [2.75, 3.05) is 5.32 Å². The minimum atomic E-state index is -0.0359. The molecule has 0 aliphatic carbocycles. The highest BCUT2D eigenvalue weighted by atomic mass is 16.1. The Hall–Kier alpha value is -3.40. The van der Waals surface area contributed by atoms with Crippen LogP contribution < -0.4 is 10.7 Å². The number of aryl methyl sites for hydroxylation is 1. The third kappa shape index (κ3) is 2.78. The van der Waals surface area contributed by atoms with Crippen LogP contribution in [-0.4, -0.2) is 9.55 Å². The van der Waals surface area contributed by atoms with E-state index < -0.39 is 0 Å². The molecule has 0 unspecified atom stereocenters. The molecule has 4 aromatic rings. The van der Waals surface area contributed by atoms with E-state index in [1.54, 1.807) is 12.3 Å². The molecule has 0 spiro atoms. The van der Waals surface area contributed by atoms with Gasteiger partial charge in [0.15, 0.2) is 5.43 Å². The number of pyridine rings is 2. The van der Waals surface area contributed by atoms with Crippen LogP contribution in [0.3, 0.4) is 0 Å². The second-order valence-corrected chi connectivity index (χ2v) is 5.88. The second kappa shape index (κ2) is 6.24. The zero-order chi connectivity index (χ0) is 17.2. The fourth-order valence-electron chi connectivity index (χ4n) is 2.99. The first-order valence-corrected chi connectivity index (χ1v) is 8.13. The van der Waals surface area contributed by atoms with Crippen LogP contribution in [-0.2, 0) is 0 Å². The molecule has 0 saturated carbocycles. The number of anilines is 2. The summed E-state index contributed by atoms with van der Waals surface area (Å²) in [6, 6.07) is 23.2. The van der Waals surface area contributed by atoms with E-state index in [9.17, 15) is 4.79 Å². The van der Waals surface area contributed by atoms with E-state index in [0.29, 0.717) is 16.9 Å². The number of rotatable bonds is 3. The average molecular weight is 327 g/mol. The third-order valence-corrected chi connectivity index (χ3v) is 4.17. The van der Waals surface area contributed by atoms with Gasteiger partial charge in [-0.2, -0.15) is 0 Å². The summed E-state index contributed by atoms with van der Waals surface area (Å²) in [6.07, 6.45) is 1.74. The van der Waals surface area contributed by atoms with Gasteiger partial charge in [-0.25, -0.2) is 4.98 Å². The number of nitrogens with one attached hydrogen (secondary N) is 1. The maximum Gasteiger partial charge on any atom is 0.193 e. The smallest absolute Gasteiger partial charge is 0.193 e. The Labute approximate surface area is 145 Å². The molecule has 0 bridgehead atoms. The summed E-state index contributed by atoms with van der Waals surface area (Å²) in [7, 11) is 0. The molecule has 0 saturated heterocycles. The molecule has 0 fully saturated rings. The number of para-hydroxylation sites is 2. The molecule has 0 amide bonds. The summed E-state index contributed by atoms with van der Waals surface area (Å²) in [5, 5.41) is 3.99. The minimum Gasteiger partial charge on any atom is -0.341 e. The van der Waals surface area contributed by atoms with E-state index in [2.05, 4.69) is 10.3 Å². The first kappa shape index (κ1) is 15.1. The Morgan fingerprint density at radius 1 is 0.920 bits per heavy atom. The molecule has 2 aromatic heterocycles. The lowest BCUT2D eigenvalue weighted by Crippen LogP contribution is -2.14. The summed E-state index contributed by atoms with van der Waals surface area (Å²) < 4.78 is 1.98. The fourth-order valence-corrected chi connectivity index (χ4v) is 2.99. The molecule has 2 aromatic carbocycles. The Balaban J connectivity index is 2.03. The van der Waals surface area contributed by atoms with Gasteiger partial charge < -0.3 is 5.32 Å². The highest BCUT2D eigenvalue weighted by Crippen LogP contribution is 2.25. The van der Waals surface area contributed by atoms with Crippen molar-refractivity contribution in [1.29, 1.82) is 0 Å². The van der Waals surface area contributed by atoms with Gasteiger partial charge >= 0.3 is 0 Å². The molecule has 25 heavy (non-hydrogen) atoms. The number of aromatic nitrogens is 2. The highest BCUT2D eigenvalue weighted by Gasteiger charge is 2.13. The summed E-state index contributed by atoms with van der Waals surface area (Å²) in [4.78, 5) is 17.2. The lowest BCUT2D eigenvalue weighted by atomic mass is 10.1. The van der Waals surface area contributed by atoms with Crippen molar-refractivity contribution in [2.45, 2.75) is 6.92 Å². The largest absolute Gasteiger partial charge is 0.341 e. The highest BCUT2D eigenvalue weighted by molar-refractivity contribution is 5.83. The molecule has 4 nitrogen and oxygen atoms in total. The van der Waals surface area contributed by atoms with Crippen molar-refractivity contribution in [1.82, 2.24) is 9.55 Å². The van der Waals surface area contributed by atoms with Crippen LogP contribution in [0.15, 0.2) is 83.8 Å². The van der Waals surface area contributed by atoms with Crippen LogP contribution in [0.5, 0.6) is 0 Å². The SMILES string of the molecule is Cc1ccnc2c1c(=O)cc(Nc1ccccc1)n2-c1ccccc1. The Morgan fingerprint density at radius 2 is 1.60 bits per heavy atom. The first-order chi connectivity index (χ1) is 12.2. The molecule has 0 atom stereocenters. The zero-order valence-corrected chi connectivity index (χ0v) is 13.8. The van der Waals surface area contributed by atoms with Gasteiger partial charge in [0, 0.05) is 23.6 Å². The third-order valence-electron chi connectivity index (χ3n) is 4.17. The van der Waals surface area contributed by atoms with E-state index in [0.717, 1.165) is 16.9 Å². The van der Waals surface area contributed by atoms with Gasteiger partial charge in [0.25, 0.3) is 0 Å². The number of hydrogen-bond donors (Lipinski definition) is 1. The Bertz CT molecular complexity index is 1090. The van der Waals surface area contributed by atoms with Crippen molar-refractivity contribution in [3.8, 4) is 5.69 Å². The summed E-state index contributed by atoms with van der Waals surface area (Å²) in [6.45, 7) is 1.94. The van der Waals surface area contributed by atoms with Crippen molar-refractivity contribution in [2.24, 2.45) is 0 Å². The van der Waals surface area contributed by atoms with Crippen molar-refractivity contribution in [3.05, 3.63) is 94.8 Å². The predicted octanol–water partition coefficient (Wildman–Crippen LogP) is 4.44. The number of benzene rings is 2. The number of fused-ring (bicyclic) bond motifs is 1. The van der Waals surface area contributed by atoms with Gasteiger partial charge in [0.05, 0.1) is 5.39 Å². The van der Waals surface area contributed by atoms with E-state index in [-0.39, 0.29) is 5.43 Å². The standard InChI is InChI=1S/C21H17N3O/c1-15-12-13-22-21-20(15)18(25)14-19(23-16-8-4-2-5-9-16)24(21)17-10-6-3-7-11-17/h2-14,23H,1H3. The molecule has 0 aliphatic rings. The van der Waals surface area contributed by atoms with E-state index in [1.165, 1.54) is 0 Å². The molecule has 1 N–H and O–H groups in total. The van der Waals surface area contributed by atoms with Gasteiger partial charge in [0.1, 0.15) is 11.5 Å². The monoisotopic (exact) mass is 327 g/mol. The summed E-state index contributed by atoms with van der Waals surface area (Å²) in [5.74, 6) is 0.688. The van der Waals surface area contributed by atoms with Gasteiger partial charge in [-0.1, -0.05) is 36.4 Å². The van der Waals surface area contributed by atoms with Crippen molar-refractivity contribution >= 4 is 22.5 Å². The lowest BCUT2D eigenvalue weighted by molar-refractivity contribution is 1.06. The van der Waals surface area contributed by atoms with Gasteiger partial charge in [0.2, 0.25) is 0 Å². The predicted molar refractivity (Wildman–Crippen MR) is 102 cm³/mol. The van der Waals surface area contributed by atoms with Gasteiger partial charge in [-0.05, 0) is 42.8 Å². The van der Waals surface area contributed by atoms with Crippen LogP contribution in [0, 0.1) is 6.92 Å². The average Bonchev–Trinajstić information content (AvgIpc) is 2.63. The molecule has 122 valence electrons. The quantitative estimate of drug-likeness (QED) is 0.605. The van der Waals surface area contributed by atoms with Crippen LogP contribution >= 0.6 is 0 Å². The second-order valence-electron chi connectivity index (χ2n) is 5.88. The van der Waals surface area contributed by atoms with E-state index in [4.69, 9.17) is 0 Å². The van der Waals surface area contributed by atoms with Gasteiger partial charge in [-0.3, -0.25) is 9.36 Å². The minimum absolute atomic E-state index is 0.0359. The number of hydrogen-bond acceptors (Lipinski definition) is 3. The maximum atomic E-state index is 12.7. The van der Waals surface area contributed by atoms with Crippen LogP contribution in [0.2, 0.25) is 0 Å². The van der Waals surface area contributed by atoms with Crippen LogP contribution in [0.1, 0.15) is 5.56 Å². The zero-order valence-electron chi connectivity index (χ0n) is 13.8. The molecule has 0 radical (unpaired) electrons. The fraction of sp³-hybridized carbons (Fsp3) is 0.0476. The van der Waals surface area contributed by atoms with E-state index >= 15 is 0 Å². The maximum absolute atomic E-state index is 12.7. The van der Waals surface area contributed by atoms with E-state index in [1.807, 2.05) is 78.2 Å². The van der Waals surface area contributed by atoms with Crippen molar-refractivity contribution in [3.63, 3.8) is 0 Å². The lowest BCUT2D eigenvalue weighted by Gasteiger charge is -2.18. The number of nitrogens with zero attached hydrogens (tertiary/aromatic N) is 2. The molecular weight excluding hydrogens is 310 g/mol. The molecule has 4 rings (SSSR count). The molecule has 4 heteroatoms. The first-order valence-electron chi connectivity index (χ1n) is 8.13. The topological polar surface area (TPSA) is 46.9 Å². The van der Waals surface area contributed by atoms with Crippen LogP contribution in [0.25, 0.3) is 16.7 Å². The normalized spacial score (nSPS) is 10.8. The van der Waals surface area contributed by atoms with Crippen LogP contribution in [0.4, 0.5) is 11.5 Å². The van der Waals surface area contributed by atoms with Crippen molar-refractivity contribution < 1.29 is 0 Å². The summed E-state index contributed by atoms with van der Waals surface area (Å²) >= 11 is 0. The molecule has 2 heterocycles. The van der Waals surface area contributed by atoms with Gasteiger partial charge in [-0.15, -0.1) is 0 Å².